The number of rotatable bonds is 3. The molecule has 0 aromatic carbocycles. The van der Waals surface area contributed by atoms with Gasteiger partial charge >= 0.3 is 0 Å². The molecule has 28 heavy (non-hydrogen) atoms. The van der Waals surface area contributed by atoms with Gasteiger partial charge in [0.2, 0.25) is 16.9 Å². The number of fused-ring (bicyclic) bond motifs is 1. The molecule has 1 atom stereocenters. The van der Waals surface area contributed by atoms with Gasteiger partial charge in [-0.2, -0.15) is 0 Å². The second-order valence-electron chi connectivity index (χ2n) is 7.77. The third kappa shape index (κ3) is 3.34. The molecule has 4 rings (SSSR count). The topological polar surface area (TPSA) is 88.4 Å². The summed E-state index contributed by atoms with van der Waals surface area (Å²) in [4.78, 5) is 40.7. The van der Waals surface area contributed by atoms with Gasteiger partial charge in [-0.3, -0.25) is 19.3 Å². The lowest BCUT2D eigenvalue weighted by Crippen LogP contribution is -2.41. The third-order valence-corrected chi connectivity index (χ3v) is 6.61. The first-order chi connectivity index (χ1) is 13.3. The maximum atomic E-state index is 13.0. The van der Waals surface area contributed by atoms with Crippen LogP contribution in [0.4, 0.5) is 5.13 Å². The molecule has 0 bridgehead atoms. The molecule has 2 aliphatic rings. The van der Waals surface area contributed by atoms with Crippen LogP contribution in [-0.2, 0) is 29.6 Å². The van der Waals surface area contributed by atoms with E-state index >= 15 is 0 Å². The molecular formula is C19H23N5O3S. The molecule has 0 aliphatic carbocycles. The number of hydrogen-bond donors (Lipinski definition) is 0. The summed E-state index contributed by atoms with van der Waals surface area (Å²) >= 11 is 1.41. The summed E-state index contributed by atoms with van der Waals surface area (Å²) in [5.74, 6) is -0.202. The average molecular weight is 401 g/mol. The SMILES string of the molecule is CC(C)c1nnc(N2CC(C(=O)N3CCc4cc(=O)n(C)cc4C3)CC2=O)s1. The van der Waals surface area contributed by atoms with Crippen LogP contribution in [-0.4, -0.2) is 44.6 Å². The molecule has 9 heteroatoms. The van der Waals surface area contributed by atoms with Gasteiger partial charge < -0.3 is 9.47 Å². The largest absolute Gasteiger partial charge is 0.338 e. The number of aromatic nitrogens is 3. The van der Waals surface area contributed by atoms with Crippen molar-refractivity contribution in [2.75, 3.05) is 18.0 Å². The molecule has 0 radical (unpaired) electrons. The van der Waals surface area contributed by atoms with Crippen molar-refractivity contribution >= 4 is 28.3 Å². The van der Waals surface area contributed by atoms with E-state index in [9.17, 15) is 14.4 Å². The van der Waals surface area contributed by atoms with Crippen molar-refractivity contribution < 1.29 is 9.59 Å². The predicted molar refractivity (Wildman–Crippen MR) is 105 cm³/mol. The first kappa shape index (κ1) is 18.8. The maximum Gasteiger partial charge on any atom is 0.250 e. The lowest BCUT2D eigenvalue weighted by Gasteiger charge is -2.30. The van der Waals surface area contributed by atoms with Crippen molar-refractivity contribution in [3.63, 3.8) is 0 Å². The number of carbonyl (C=O) groups excluding carboxylic acids is 2. The minimum absolute atomic E-state index is 0.0102. The number of anilines is 1. The van der Waals surface area contributed by atoms with Gasteiger partial charge in [0.25, 0.3) is 5.56 Å². The van der Waals surface area contributed by atoms with Crippen molar-refractivity contribution in [3.8, 4) is 0 Å². The Morgan fingerprint density at radius 1 is 1.25 bits per heavy atom. The summed E-state index contributed by atoms with van der Waals surface area (Å²) in [5.41, 5.74) is 1.97. The van der Waals surface area contributed by atoms with E-state index in [0.717, 1.165) is 16.1 Å². The lowest BCUT2D eigenvalue weighted by atomic mass is 9.99. The van der Waals surface area contributed by atoms with E-state index in [1.165, 1.54) is 15.9 Å². The summed E-state index contributed by atoms with van der Waals surface area (Å²) < 4.78 is 1.54. The molecule has 2 aromatic heterocycles. The number of hydrogen-bond acceptors (Lipinski definition) is 6. The van der Waals surface area contributed by atoms with Crippen LogP contribution >= 0.6 is 11.3 Å². The van der Waals surface area contributed by atoms with Gasteiger partial charge in [0.15, 0.2) is 0 Å². The molecule has 8 nitrogen and oxygen atoms in total. The first-order valence-electron chi connectivity index (χ1n) is 9.44. The smallest absolute Gasteiger partial charge is 0.250 e. The fourth-order valence-corrected chi connectivity index (χ4v) is 4.58. The van der Waals surface area contributed by atoms with Gasteiger partial charge in [0.05, 0.1) is 5.92 Å². The van der Waals surface area contributed by atoms with Crippen LogP contribution in [0.2, 0.25) is 0 Å². The molecule has 0 spiro atoms. The molecule has 2 aromatic rings. The standard InChI is InChI=1S/C19H23N5O3S/c1-11(2)17-20-21-19(28-17)24-10-13(7-16(24)26)18(27)23-5-4-12-6-15(25)22(3)8-14(12)9-23/h6,8,11,13H,4-5,7,9-10H2,1-3H3. The molecule has 0 saturated carbocycles. The van der Waals surface area contributed by atoms with Crippen LogP contribution < -0.4 is 10.5 Å². The second kappa shape index (κ2) is 7.12. The molecule has 4 heterocycles. The van der Waals surface area contributed by atoms with Gasteiger partial charge in [-0.05, 0) is 17.5 Å². The van der Waals surface area contributed by atoms with E-state index < -0.39 is 0 Å². The number of pyridine rings is 1. The van der Waals surface area contributed by atoms with Gasteiger partial charge in [0, 0.05) is 51.3 Å². The van der Waals surface area contributed by atoms with E-state index in [1.54, 1.807) is 29.1 Å². The van der Waals surface area contributed by atoms with Crippen molar-refractivity contribution in [3.05, 3.63) is 38.8 Å². The zero-order valence-corrected chi connectivity index (χ0v) is 17.0. The van der Waals surface area contributed by atoms with E-state index in [2.05, 4.69) is 10.2 Å². The molecule has 1 fully saturated rings. The summed E-state index contributed by atoms with van der Waals surface area (Å²) in [6.07, 6.45) is 2.67. The normalized spacial score (nSPS) is 19.4. The minimum atomic E-state index is -0.368. The van der Waals surface area contributed by atoms with E-state index in [-0.39, 0.29) is 35.6 Å². The maximum absolute atomic E-state index is 13.0. The third-order valence-electron chi connectivity index (χ3n) is 5.36. The van der Waals surface area contributed by atoms with Crippen molar-refractivity contribution in [2.45, 2.75) is 39.2 Å². The molecule has 2 aliphatic heterocycles. The summed E-state index contributed by atoms with van der Waals surface area (Å²) in [6.45, 7) is 5.46. The van der Waals surface area contributed by atoms with Crippen LogP contribution in [0.15, 0.2) is 17.1 Å². The van der Waals surface area contributed by atoms with Gasteiger partial charge in [-0.15, -0.1) is 10.2 Å². The molecule has 1 unspecified atom stereocenters. The lowest BCUT2D eigenvalue weighted by molar-refractivity contribution is -0.136. The Balaban J connectivity index is 1.47. The number of nitrogens with zero attached hydrogens (tertiary/aromatic N) is 5. The quantitative estimate of drug-likeness (QED) is 0.774. The van der Waals surface area contributed by atoms with Gasteiger partial charge in [-0.25, -0.2) is 0 Å². The summed E-state index contributed by atoms with van der Waals surface area (Å²) in [5, 5.41) is 9.74. The Labute approximate surface area is 166 Å². The number of amides is 2. The van der Waals surface area contributed by atoms with E-state index in [4.69, 9.17) is 0 Å². The number of aryl methyl sites for hydroxylation is 1. The predicted octanol–water partition coefficient (Wildman–Crippen LogP) is 1.30. The van der Waals surface area contributed by atoms with Gasteiger partial charge in [-0.1, -0.05) is 25.2 Å². The van der Waals surface area contributed by atoms with Crippen LogP contribution in [0.5, 0.6) is 0 Å². The molecule has 1 saturated heterocycles. The van der Waals surface area contributed by atoms with E-state index in [0.29, 0.717) is 31.2 Å². The fourth-order valence-electron chi connectivity index (χ4n) is 3.71. The minimum Gasteiger partial charge on any atom is -0.338 e. The Bertz CT molecular complexity index is 996. The fraction of sp³-hybridized carbons (Fsp3) is 0.526. The van der Waals surface area contributed by atoms with Crippen molar-refractivity contribution in [1.82, 2.24) is 19.7 Å². The molecule has 148 valence electrons. The Morgan fingerprint density at radius 3 is 2.75 bits per heavy atom. The molecule has 0 N–H and O–H groups in total. The zero-order valence-electron chi connectivity index (χ0n) is 16.2. The van der Waals surface area contributed by atoms with Crippen molar-refractivity contribution in [1.29, 1.82) is 0 Å². The van der Waals surface area contributed by atoms with Gasteiger partial charge in [0.1, 0.15) is 5.01 Å². The first-order valence-corrected chi connectivity index (χ1v) is 10.3. The molecule has 2 amide bonds. The zero-order chi connectivity index (χ0) is 20.0. The highest BCUT2D eigenvalue weighted by atomic mass is 32.1. The van der Waals surface area contributed by atoms with Crippen LogP contribution in [0.25, 0.3) is 0 Å². The Morgan fingerprint density at radius 2 is 2.04 bits per heavy atom. The van der Waals surface area contributed by atoms with Crippen LogP contribution in [0, 0.1) is 5.92 Å². The highest BCUT2D eigenvalue weighted by Crippen LogP contribution is 2.31. The number of carbonyl (C=O) groups is 2. The average Bonchev–Trinajstić information content (AvgIpc) is 3.28. The Hall–Kier alpha value is -2.55. The highest BCUT2D eigenvalue weighted by Gasteiger charge is 2.39. The summed E-state index contributed by atoms with van der Waals surface area (Å²) in [7, 11) is 1.71. The highest BCUT2D eigenvalue weighted by molar-refractivity contribution is 7.15. The van der Waals surface area contributed by atoms with Crippen LogP contribution in [0.3, 0.4) is 0 Å². The van der Waals surface area contributed by atoms with E-state index in [1.807, 2.05) is 13.8 Å². The Kier molecular flexibility index (Phi) is 4.78. The summed E-state index contributed by atoms with van der Waals surface area (Å²) in [6, 6.07) is 1.65. The van der Waals surface area contributed by atoms with Crippen LogP contribution in [0.1, 0.15) is 42.3 Å². The van der Waals surface area contributed by atoms with Crippen molar-refractivity contribution in [2.24, 2.45) is 13.0 Å². The second-order valence-corrected chi connectivity index (χ2v) is 8.75. The monoisotopic (exact) mass is 401 g/mol. The molecular weight excluding hydrogens is 378 g/mol.